The molecule has 0 bridgehead atoms. The zero-order chi connectivity index (χ0) is 15.1. The van der Waals surface area contributed by atoms with Crippen LogP contribution < -0.4 is 14.8 Å². The Morgan fingerprint density at radius 2 is 1.90 bits per heavy atom. The van der Waals surface area contributed by atoms with Crippen molar-refractivity contribution in [2.45, 2.75) is 13.3 Å². The lowest BCUT2D eigenvalue weighted by molar-refractivity contribution is -0.130. The van der Waals surface area contributed by atoms with Crippen molar-refractivity contribution in [2.24, 2.45) is 0 Å². The van der Waals surface area contributed by atoms with Crippen molar-refractivity contribution >= 4 is 11.8 Å². The molecule has 0 aliphatic carbocycles. The van der Waals surface area contributed by atoms with E-state index in [4.69, 9.17) is 9.47 Å². The summed E-state index contributed by atoms with van der Waals surface area (Å²) in [5.74, 6) is 1.19. The van der Waals surface area contributed by atoms with E-state index in [1.165, 1.54) is 0 Å². The number of benzene rings is 1. The summed E-state index contributed by atoms with van der Waals surface area (Å²) in [6.07, 6.45) is 0.335. The van der Waals surface area contributed by atoms with Crippen LogP contribution in [0.2, 0.25) is 0 Å². The Morgan fingerprint density at radius 3 is 2.62 bits per heavy atom. The molecule has 1 aromatic carbocycles. The van der Waals surface area contributed by atoms with Crippen molar-refractivity contribution in [3.63, 3.8) is 0 Å². The van der Waals surface area contributed by atoms with Crippen molar-refractivity contribution < 1.29 is 19.1 Å². The van der Waals surface area contributed by atoms with Gasteiger partial charge in [-0.25, -0.2) is 0 Å². The number of hydrogen-bond donors (Lipinski definition) is 1. The lowest BCUT2D eigenvalue weighted by atomic mass is 10.3. The van der Waals surface area contributed by atoms with Crippen molar-refractivity contribution in [3.8, 4) is 11.5 Å². The quantitative estimate of drug-likeness (QED) is 0.842. The highest BCUT2D eigenvalue weighted by Gasteiger charge is 2.19. The van der Waals surface area contributed by atoms with Crippen LogP contribution in [0.5, 0.6) is 11.5 Å². The molecule has 1 aliphatic rings. The molecule has 0 unspecified atom stereocenters. The van der Waals surface area contributed by atoms with Crippen LogP contribution in [0.15, 0.2) is 24.3 Å². The first-order valence-corrected chi connectivity index (χ1v) is 7.10. The molecular formula is C15H20N2O4. The molecule has 2 amide bonds. The number of para-hydroxylation sites is 2. The minimum absolute atomic E-state index is 0.0639. The van der Waals surface area contributed by atoms with Crippen LogP contribution in [0.1, 0.15) is 13.3 Å². The Kier molecular flexibility index (Phi) is 5.43. The van der Waals surface area contributed by atoms with Gasteiger partial charge in [0.05, 0.1) is 19.7 Å². The first-order chi connectivity index (χ1) is 10.2. The van der Waals surface area contributed by atoms with Gasteiger partial charge >= 0.3 is 0 Å². The first-order valence-electron chi connectivity index (χ1n) is 7.10. The minimum Gasteiger partial charge on any atom is -0.490 e. The minimum atomic E-state index is -0.0894. The van der Waals surface area contributed by atoms with Gasteiger partial charge in [-0.3, -0.25) is 9.59 Å². The predicted molar refractivity (Wildman–Crippen MR) is 77.3 cm³/mol. The maximum absolute atomic E-state index is 11.8. The molecular weight excluding hydrogens is 272 g/mol. The molecule has 0 spiro atoms. The molecule has 1 fully saturated rings. The summed E-state index contributed by atoms with van der Waals surface area (Å²) >= 11 is 0. The fourth-order valence-corrected chi connectivity index (χ4v) is 2.08. The molecule has 0 atom stereocenters. The maximum atomic E-state index is 11.8. The lowest BCUT2D eigenvalue weighted by Crippen LogP contribution is -2.37. The third kappa shape index (κ3) is 4.37. The van der Waals surface area contributed by atoms with E-state index >= 15 is 0 Å². The SMILES string of the molecule is CCOc1ccccc1OCCN1CCC(=O)NCC1=O. The van der Waals surface area contributed by atoms with Crippen molar-refractivity contribution in [2.75, 3.05) is 32.8 Å². The molecule has 114 valence electrons. The van der Waals surface area contributed by atoms with Crippen LogP contribution in [0, 0.1) is 0 Å². The number of rotatable bonds is 6. The number of nitrogens with zero attached hydrogens (tertiary/aromatic N) is 1. The Balaban J connectivity index is 1.86. The molecule has 0 aromatic heterocycles. The van der Waals surface area contributed by atoms with Crippen molar-refractivity contribution in [3.05, 3.63) is 24.3 Å². The third-order valence-electron chi connectivity index (χ3n) is 3.17. The zero-order valence-electron chi connectivity index (χ0n) is 12.1. The highest BCUT2D eigenvalue weighted by molar-refractivity contribution is 5.87. The number of hydrogen-bond acceptors (Lipinski definition) is 4. The summed E-state index contributed by atoms with van der Waals surface area (Å²) in [4.78, 5) is 24.7. The van der Waals surface area contributed by atoms with Crippen molar-refractivity contribution in [1.82, 2.24) is 10.2 Å². The predicted octanol–water partition coefficient (Wildman–Crippen LogP) is 0.813. The van der Waals surface area contributed by atoms with Gasteiger partial charge in [0.25, 0.3) is 0 Å². The van der Waals surface area contributed by atoms with Gasteiger partial charge in [-0.05, 0) is 19.1 Å². The van der Waals surface area contributed by atoms with Gasteiger partial charge in [0.1, 0.15) is 6.61 Å². The summed E-state index contributed by atoms with van der Waals surface area (Å²) in [6.45, 7) is 3.79. The average molecular weight is 292 g/mol. The Bertz CT molecular complexity index is 504. The van der Waals surface area contributed by atoms with E-state index in [-0.39, 0.29) is 18.4 Å². The monoisotopic (exact) mass is 292 g/mol. The summed E-state index contributed by atoms with van der Waals surface area (Å²) in [5.41, 5.74) is 0. The van der Waals surface area contributed by atoms with Gasteiger partial charge in [-0.2, -0.15) is 0 Å². The van der Waals surface area contributed by atoms with Gasteiger partial charge in [0.2, 0.25) is 11.8 Å². The molecule has 1 N–H and O–H groups in total. The highest BCUT2D eigenvalue weighted by Crippen LogP contribution is 2.26. The summed E-state index contributed by atoms with van der Waals surface area (Å²) in [6, 6.07) is 7.43. The smallest absolute Gasteiger partial charge is 0.242 e. The number of carbonyl (C=O) groups excluding carboxylic acids is 2. The van der Waals surface area contributed by atoms with E-state index in [1.54, 1.807) is 4.90 Å². The average Bonchev–Trinajstić information content (AvgIpc) is 2.64. The second-order valence-electron chi connectivity index (χ2n) is 4.64. The van der Waals surface area contributed by atoms with E-state index in [0.717, 1.165) is 0 Å². The van der Waals surface area contributed by atoms with E-state index in [9.17, 15) is 9.59 Å². The van der Waals surface area contributed by atoms with Crippen LogP contribution in [0.4, 0.5) is 0 Å². The van der Waals surface area contributed by atoms with Gasteiger partial charge < -0.3 is 19.7 Å². The first kappa shape index (κ1) is 15.2. The Hall–Kier alpha value is -2.24. The molecule has 0 saturated carbocycles. The van der Waals surface area contributed by atoms with Gasteiger partial charge in [0, 0.05) is 13.0 Å². The molecule has 1 saturated heterocycles. The van der Waals surface area contributed by atoms with Gasteiger partial charge in [-0.15, -0.1) is 0 Å². The van der Waals surface area contributed by atoms with Crippen LogP contribution in [-0.4, -0.2) is 49.6 Å². The molecule has 2 rings (SSSR count). The maximum Gasteiger partial charge on any atom is 0.242 e. The Morgan fingerprint density at radius 1 is 1.19 bits per heavy atom. The third-order valence-corrected chi connectivity index (χ3v) is 3.17. The summed E-state index contributed by atoms with van der Waals surface area (Å²) in [5, 5.41) is 2.57. The van der Waals surface area contributed by atoms with Crippen LogP contribution in [-0.2, 0) is 9.59 Å². The molecule has 6 heteroatoms. The second-order valence-corrected chi connectivity index (χ2v) is 4.64. The van der Waals surface area contributed by atoms with Crippen LogP contribution in [0.3, 0.4) is 0 Å². The van der Waals surface area contributed by atoms with Crippen LogP contribution in [0.25, 0.3) is 0 Å². The molecule has 1 aromatic rings. The number of ether oxygens (including phenoxy) is 2. The fourth-order valence-electron chi connectivity index (χ4n) is 2.08. The molecule has 1 heterocycles. The summed E-state index contributed by atoms with van der Waals surface area (Å²) < 4.78 is 11.2. The van der Waals surface area contributed by atoms with Crippen molar-refractivity contribution in [1.29, 1.82) is 0 Å². The van der Waals surface area contributed by atoms with E-state index < -0.39 is 0 Å². The summed E-state index contributed by atoms with van der Waals surface area (Å²) in [7, 11) is 0. The van der Waals surface area contributed by atoms with Gasteiger partial charge in [-0.1, -0.05) is 12.1 Å². The Labute approximate surface area is 124 Å². The van der Waals surface area contributed by atoms with E-state index in [0.29, 0.717) is 44.2 Å². The topological polar surface area (TPSA) is 67.9 Å². The largest absolute Gasteiger partial charge is 0.490 e. The number of amides is 2. The molecule has 1 aliphatic heterocycles. The highest BCUT2D eigenvalue weighted by atomic mass is 16.5. The second kappa shape index (κ2) is 7.52. The molecule has 0 radical (unpaired) electrons. The zero-order valence-corrected chi connectivity index (χ0v) is 12.1. The molecule has 21 heavy (non-hydrogen) atoms. The van der Waals surface area contributed by atoms with Gasteiger partial charge in [0.15, 0.2) is 11.5 Å². The van der Waals surface area contributed by atoms with E-state index in [2.05, 4.69) is 5.32 Å². The van der Waals surface area contributed by atoms with E-state index in [1.807, 2.05) is 31.2 Å². The standard InChI is InChI=1S/C15H20N2O4/c1-2-20-12-5-3-4-6-13(12)21-10-9-17-8-7-14(18)16-11-15(17)19/h3-6H,2,7-11H2,1H3,(H,16,18). The fraction of sp³-hybridized carbons (Fsp3) is 0.467. The lowest BCUT2D eigenvalue weighted by Gasteiger charge is -2.20. The molecule has 6 nitrogen and oxygen atoms in total. The van der Waals surface area contributed by atoms with Crippen LogP contribution >= 0.6 is 0 Å². The normalized spacial score (nSPS) is 15.4. The number of carbonyl (C=O) groups is 2. The number of nitrogens with one attached hydrogen (secondary N) is 1.